The Kier molecular flexibility index (Phi) is 2.31. The Morgan fingerprint density at radius 3 is 2.73 bits per heavy atom. The Hall–Kier alpha value is -0.940. The maximum Gasteiger partial charge on any atom is 0.391 e. The number of rotatable bonds is 0. The molecule has 0 aromatic carbocycles. The van der Waals surface area contributed by atoms with Gasteiger partial charge in [0.15, 0.2) is 0 Å². The standard InChI is InChI=1S/C9H13F3N2O/c10-9(11,12)6-2-1-3-8(4-6)5-15-7(13)14-8/h6H,1-5H2,(H2,13,14). The van der Waals surface area contributed by atoms with Crippen LogP contribution in [0.5, 0.6) is 0 Å². The van der Waals surface area contributed by atoms with Crippen molar-refractivity contribution in [2.24, 2.45) is 16.6 Å². The van der Waals surface area contributed by atoms with Crippen LogP contribution >= 0.6 is 0 Å². The fourth-order valence-electron chi connectivity index (χ4n) is 2.36. The molecule has 6 heteroatoms. The van der Waals surface area contributed by atoms with Gasteiger partial charge in [0.2, 0.25) is 0 Å². The number of nitrogens with two attached hydrogens (primary N) is 1. The van der Waals surface area contributed by atoms with Crippen LogP contribution in [0.2, 0.25) is 0 Å². The van der Waals surface area contributed by atoms with Crippen molar-refractivity contribution in [1.82, 2.24) is 0 Å². The van der Waals surface area contributed by atoms with Crippen LogP contribution in [-0.4, -0.2) is 24.3 Å². The van der Waals surface area contributed by atoms with Crippen LogP contribution in [0, 0.1) is 5.92 Å². The fraction of sp³-hybridized carbons (Fsp3) is 0.889. The molecule has 1 heterocycles. The van der Waals surface area contributed by atoms with Crippen molar-refractivity contribution in [1.29, 1.82) is 0 Å². The van der Waals surface area contributed by atoms with Crippen molar-refractivity contribution in [2.75, 3.05) is 6.61 Å². The van der Waals surface area contributed by atoms with Gasteiger partial charge < -0.3 is 10.5 Å². The third-order valence-electron chi connectivity index (χ3n) is 3.12. The van der Waals surface area contributed by atoms with Crippen LogP contribution in [-0.2, 0) is 4.74 Å². The first kappa shape index (κ1) is 10.6. The van der Waals surface area contributed by atoms with Crippen LogP contribution in [0.3, 0.4) is 0 Å². The largest absolute Gasteiger partial charge is 0.463 e. The van der Waals surface area contributed by atoms with E-state index < -0.39 is 17.6 Å². The highest BCUT2D eigenvalue weighted by molar-refractivity contribution is 5.73. The SMILES string of the molecule is NC1=NC2(CCCC(C(F)(F)F)C2)CO1. The Morgan fingerprint density at radius 2 is 2.20 bits per heavy atom. The summed E-state index contributed by atoms with van der Waals surface area (Å²) in [6.07, 6.45) is -2.75. The van der Waals surface area contributed by atoms with Gasteiger partial charge in [0.1, 0.15) is 12.1 Å². The average Bonchev–Trinajstić information content (AvgIpc) is 2.46. The Bertz CT molecular complexity index is 290. The van der Waals surface area contributed by atoms with E-state index in [0.717, 1.165) is 0 Å². The summed E-state index contributed by atoms with van der Waals surface area (Å²) in [6.45, 7) is 0.200. The zero-order valence-electron chi connectivity index (χ0n) is 8.18. The summed E-state index contributed by atoms with van der Waals surface area (Å²) in [6, 6.07) is 0.0258. The molecule has 0 saturated heterocycles. The molecule has 15 heavy (non-hydrogen) atoms. The molecule has 0 radical (unpaired) electrons. The molecule has 2 N–H and O–H groups in total. The first-order valence-electron chi connectivity index (χ1n) is 4.96. The summed E-state index contributed by atoms with van der Waals surface area (Å²) in [5.41, 5.74) is 4.64. The van der Waals surface area contributed by atoms with E-state index in [2.05, 4.69) is 4.99 Å². The van der Waals surface area contributed by atoms with Gasteiger partial charge in [0, 0.05) is 0 Å². The molecule has 86 valence electrons. The highest BCUT2D eigenvalue weighted by atomic mass is 19.4. The van der Waals surface area contributed by atoms with Crippen molar-refractivity contribution >= 4 is 6.02 Å². The maximum atomic E-state index is 12.6. The van der Waals surface area contributed by atoms with E-state index in [4.69, 9.17) is 10.5 Å². The van der Waals surface area contributed by atoms with Gasteiger partial charge >= 0.3 is 6.18 Å². The average molecular weight is 222 g/mol. The van der Waals surface area contributed by atoms with Gasteiger partial charge in [-0.1, -0.05) is 6.42 Å². The van der Waals surface area contributed by atoms with Gasteiger partial charge in [0.05, 0.1) is 5.92 Å². The van der Waals surface area contributed by atoms with Crippen LogP contribution in [0.25, 0.3) is 0 Å². The molecule has 0 aromatic rings. The topological polar surface area (TPSA) is 47.6 Å². The van der Waals surface area contributed by atoms with Crippen LogP contribution in [0.15, 0.2) is 4.99 Å². The van der Waals surface area contributed by atoms with E-state index in [9.17, 15) is 13.2 Å². The minimum Gasteiger partial charge on any atom is -0.463 e. The monoisotopic (exact) mass is 222 g/mol. The van der Waals surface area contributed by atoms with Gasteiger partial charge in [-0.2, -0.15) is 13.2 Å². The van der Waals surface area contributed by atoms with Crippen molar-refractivity contribution in [2.45, 2.75) is 37.4 Å². The summed E-state index contributed by atoms with van der Waals surface area (Å²) in [5.74, 6) is -1.26. The molecule has 0 aromatic heterocycles. The maximum absolute atomic E-state index is 12.6. The molecule has 2 atom stereocenters. The Labute approximate surface area is 85.5 Å². The predicted molar refractivity (Wildman–Crippen MR) is 48.3 cm³/mol. The number of alkyl halides is 3. The van der Waals surface area contributed by atoms with Gasteiger partial charge in [-0.05, 0) is 19.3 Å². The quantitative estimate of drug-likeness (QED) is 0.679. The normalized spacial score (nSPS) is 36.5. The number of aliphatic imine (C=N–C) groups is 1. The molecule has 2 unspecified atom stereocenters. The number of hydrogen-bond donors (Lipinski definition) is 1. The van der Waals surface area contributed by atoms with Crippen LogP contribution < -0.4 is 5.73 Å². The second-order valence-corrected chi connectivity index (χ2v) is 4.30. The molecule has 1 fully saturated rings. The number of halogens is 3. The molecule has 1 spiro atoms. The lowest BCUT2D eigenvalue weighted by molar-refractivity contribution is -0.187. The van der Waals surface area contributed by atoms with Crippen LogP contribution in [0.1, 0.15) is 25.7 Å². The lowest BCUT2D eigenvalue weighted by Gasteiger charge is -2.34. The summed E-state index contributed by atoms with van der Waals surface area (Å²) >= 11 is 0. The third kappa shape index (κ3) is 2.03. The second-order valence-electron chi connectivity index (χ2n) is 4.30. The van der Waals surface area contributed by atoms with Gasteiger partial charge in [-0.25, -0.2) is 4.99 Å². The summed E-state index contributed by atoms with van der Waals surface area (Å²) in [5, 5.41) is 0. The van der Waals surface area contributed by atoms with E-state index in [1.807, 2.05) is 0 Å². The van der Waals surface area contributed by atoms with Gasteiger partial charge in [-0.3, -0.25) is 0 Å². The van der Waals surface area contributed by atoms with E-state index >= 15 is 0 Å². The van der Waals surface area contributed by atoms with Crippen molar-refractivity contribution in [3.63, 3.8) is 0 Å². The van der Waals surface area contributed by atoms with E-state index in [1.54, 1.807) is 0 Å². The van der Waals surface area contributed by atoms with E-state index in [-0.39, 0.29) is 25.5 Å². The predicted octanol–water partition coefficient (Wildman–Crippen LogP) is 1.82. The van der Waals surface area contributed by atoms with Crippen molar-refractivity contribution in [3.05, 3.63) is 0 Å². The molecule has 1 aliphatic carbocycles. The summed E-state index contributed by atoms with van der Waals surface area (Å²) < 4.78 is 42.6. The number of ether oxygens (including phenoxy) is 1. The molecule has 0 amide bonds. The fourth-order valence-corrected chi connectivity index (χ4v) is 2.36. The molecule has 1 aliphatic heterocycles. The molecular weight excluding hydrogens is 209 g/mol. The lowest BCUT2D eigenvalue weighted by atomic mass is 9.76. The zero-order valence-corrected chi connectivity index (χ0v) is 8.18. The Balaban J connectivity index is 2.11. The van der Waals surface area contributed by atoms with Crippen molar-refractivity contribution < 1.29 is 17.9 Å². The molecule has 2 rings (SSSR count). The third-order valence-corrected chi connectivity index (χ3v) is 3.12. The smallest absolute Gasteiger partial charge is 0.391 e. The number of nitrogens with zero attached hydrogens (tertiary/aromatic N) is 1. The number of amidine groups is 1. The van der Waals surface area contributed by atoms with Crippen LogP contribution in [0.4, 0.5) is 13.2 Å². The lowest BCUT2D eigenvalue weighted by Crippen LogP contribution is -2.40. The minimum atomic E-state index is -4.12. The van der Waals surface area contributed by atoms with Gasteiger partial charge in [-0.15, -0.1) is 0 Å². The highest BCUT2D eigenvalue weighted by Crippen LogP contribution is 2.44. The molecular formula is C9H13F3N2O. The first-order chi connectivity index (χ1) is 6.91. The zero-order chi connectivity index (χ0) is 11.1. The van der Waals surface area contributed by atoms with E-state index in [0.29, 0.717) is 12.8 Å². The molecule has 2 aliphatic rings. The summed E-state index contributed by atoms with van der Waals surface area (Å²) in [4.78, 5) is 4.02. The van der Waals surface area contributed by atoms with Crippen molar-refractivity contribution in [3.8, 4) is 0 Å². The molecule has 1 saturated carbocycles. The second kappa shape index (κ2) is 3.28. The Morgan fingerprint density at radius 1 is 1.47 bits per heavy atom. The molecule has 3 nitrogen and oxygen atoms in total. The highest BCUT2D eigenvalue weighted by Gasteiger charge is 2.49. The first-order valence-corrected chi connectivity index (χ1v) is 4.96. The number of hydrogen-bond acceptors (Lipinski definition) is 3. The van der Waals surface area contributed by atoms with Gasteiger partial charge in [0.25, 0.3) is 6.02 Å². The molecule has 0 bridgehead atoms. The van der Waals surface area contributed by atoms with E-state index in [1.165, 1.54) is 0 Å². The minimum absolute atomic E-state index is 0.0111. The summed E-state index contributed by atoms with van der Waals surface area (Å²) in [7, 11) is 0.